The second kappa shape index (κ2) is 8.59. The molecule has 146 valence electrons. The number of fused-ring (bicyclic) bond motifs is 1. The Labute approximate surface area is 165 Å². The van der Waals surface area contributed by atoms with Crippen LogP contribution in [-0.2, 0) is 13.1 Å². The van der Waals surface area contributed by atoms with Crippen LogP contribution in [0.25, 0.3) is 10.9 Å². The van der Waals surface area contributed by atoms with Crippen molar-refractivity contribution in [2.45, 2.75) is 32.0 Å². The first-order valence-corrected chi connectivity index (χ1v) is 10.1. The number of H-pyrrole nitrogens is 1. The lowest BCUT2D eigenvalue weighted by molar-refractivity contribution is -0.926. The molecule has 3 aromatic rings. The Hall–Kier alpha value is -2.63. The van der Waals surface area contributed by atoms with Crippen LogP contribution in [0.15, 0.2) is 59.4 Å². The third-order valence-corrected chi connectivity index (χ3v) is 5.84. The average Bonchev–Trinajstić information content (AvgIpc) is 2.73. The van der Waals surface area contributed by atoms with Gasteiger partial charge in [0.25, 0.3) is 5.56 Å². The van der Waals surface area contributed by atoms with Crippen LogP contribution in [0.2, 0.25) is 0 Å². The van der Waals surface area contributed by atoms with E-state index in [-0.39, 0.29) is 5.56 Å². The summed E-state index contributed by atoms with van der Waals surface area (Å²) in [6.07, 6.45) is 2.40. The Kier molecular flexibility index (Phi) is 5.74. The van der Waals surface area contributed by atoms with Crippen molar-refractivity contribution >= 4 is 10.9 Å². The van der Waals surface area contributed by atoms with Gasteiger partial charge in [-0.05, 0) is 23.6 Å². The Balaban J connectivity index is 1.32. The SMILES string of the molecule is COc1ccc2cc(C[NH2+]C3CC[NH+](Cc4ccccc4)CC3)c(=O)[nH]c2c1. The molecule has 0 unspecified atom stereocenters. The molecule has 4 N–H and O–H groups in total. The number of hydrogen-bond acceptors (Lipinski definition) is 2. The summed E-state index contributed by atoms with van der Waals surface area (Å²) < 4.78 is 5.24. The number of likely N-dealkylation sites (tertiary alicyclic amines) is 1. The largest absolute Gasteiger partial charge is 0.497 e. The fraction of sp³-hybridized carbons (Fsp3) is 0.348. The first-order valence-electron chi connectivity index (χ1n) is 10.1. The van der Waals surface area contributed by atoms with E-state index < -0.39 is 0 Å². The average molecular weight is 380 g/mol. The number of ether oxygens (including phenoxy) is 1. The number of hydrogen-bond donors (Lipinski definition) is 3. The number of quaternary nitrogens is 2. The fourth-order valence-corrected chi connectivity index (χ4v) is 4.14. The molecule has 0 saturated carbocycles. The first-order chi connectivity index (χ1) is 13.7. The lowest BCUT2D eigenvalue weighted by atomic mass is 10.0. The highest BCUT2D eigenvalue weighted by atomic mass is 16.5. The molecule has 0 aliphatic carbocycles. The number of benzene rings is 2. The molecule has 0 amide bonds. The van der Waals surface area contributed by atoms with Gasteiger partial charge in [-0.3, -0.25) is 4.79 Å². The van der Waals surface area contributed by atoms with Gasteiger partial charge in [-0.1, -0.05) is 30.3 Å². The van der Waals surface area contributed by atoms with Crippen LogP contribution in [0, 0.1) is 0 Å². The van der Waals surface area contributed by atoms with Crippen molar-refractivity contribution in [3.05, 3.63) is 76.1 Å². The van der Waals surface area contributed by atoms with E-state index in [2.05, 4.69) is 40.6 Å². The monoisotopic (exact) mass is 379 g/mol. The molecule has 5 heteroatoms. The zero-order valence-corrected chi connectivity index (χ0v) is 16.4. The van der Waals surface area contributed by atoms with E-state index >= 15 is 0 Å². The zero-order chi connectivity index (χ0) is 19.3. The number of rotatable bonds is 6. The molecule has 0 atom stereocenters. The third-order valence-electron chi connectivity index (χ3n) is 5.84. The molecule has 1 fully saturated rings. The molecule has 2 aromatic carbocycles. The van der Waals surface area contributed by atoms with Crippen molar-refractivity contribution in [2.24, 2.45) is 0 Å². The lowest BCUT2D eigenvalue weighted by Gasteiger charge is -2.28. The Morgan fingerprint density at radius 2 is 1.89 bits per heavy atom. The minimum absolute atomic E-state index is 0.00383. The predicted molar refractivity (Wildman–Crippen MR) is 111 cm³/mol. The molecule has 2 heterocycles. The maximum absolute atomic E-state index is 12.4. The van der Waals surface area contributed by atoms with E-state index in [1.54, 1.807) is 12.0 Å². The molecule has 0 bridgehead atoms. The van der Waals surface area contributed by atoms with Crippen molar-refractivity contribution in [2.75, 3.05) is 20.2 Å². The molecule has 1 aliphatic rings. The van der Waals surface area contributed by atoms with Gasteiger partial charge in [-0.15, -0.1) is 0 Å². The number of pyridine rings is 1. The maximum Gasteiger partial charge on any atom is 0.257 e. The zero-order valence-electron chi connectivity index (χ0n) is 16.4. The third kappa shape index (κ3) is 4.43. The summed E-state index contributed by atoms with van der Waals surface area (Å²) in [6, 6.07) is 19.2. The Bertz CT molecular complexity index is 976. The first kappa shape index (κ1) is 18.7. The Morgan fingerprint density at radius 1 is 1.11 bits per heavy atom. The van der Waals surface area contributed by atoms with Crippen LogP contribution in [0.5, 0.6) is 5.75 Å². The predicted octanol–water partition coefficient (Wildman–Crippen LogP) is 0.848. The molecule has 28 heavy (non-hydrogen) atoms. The van der Waals surface area contributed by atoms with Crippen molar-refractivity contribution < 1.29 is 15.0 Å². The molecule has 0 spiro atoms. The number of nitrogens with one attached hydrogen (secondary N) is 2. The van der Waals surface area contributed by atoms with E-state index in [0.29, 0.717) is 6.04 Å². The minimum atomic E-state index is 0.00383. The molecule has 1 saturated heterocycles. The molecule has 1 aromatic heterocycles. The van der Waals surface area contributed by atoms with Gasteiger partial charge in [-0.2, -0.15) is 0 Å². The van der Waals surface area contributed by atoms with E-state index in [0.717, 1.165) is 35.3 Å². The summed E-state index contributed by atoms with van der Waals surface area (Å²) in [4.78, 5) is 17.1. The quantitative estimate of drug-likeness (QED) is 0.595. The topological polar surface area (TPSA) is 63.1 Å². The van der Waals surface area contributed by atoms with Crippen LogP contribution >= 0.6 is 0 Å². The van der Waals surface area contributed by atoms with Gasteiger partial charge in [0.15, 0.2) is 0 Å². The van der Waals surface area contributed by atoms with E-state index in [1.807, 2.05) is 24.3 Å². The molecular formula is C23H29N3O2+2. The van der Waals surface area contributed by atoms with Crippen LogP contribution in [0.4, 0.5) is 0 Å². The van der Waals surface area contributed by atoms with Crippen molar-refractivity contribution in [3.8, 4) is 5.75 Å². The summed E-state index contributed by atoms with van der Waals surface area (Å²) in [5.41, 5.74) is 3.09. The normalized spacial score (nSPS) is 19.6. The molecule has 0 radical (unpaired) electrons. The Morgan fingerprint density at radius 3 is 2.64 bits per heavy atom. The highest BCUT2D eigenvalue weighted by Gasteiger charge is 2.24. The summed E-state index contributed by atoms with van der Waals surface area (Å²) in [7, 11) is 1.63. The number of aromatic amines is 1. The fourth-order valence-electron chi connectivity index (χ4n) is 4.14. The van der Waals surface area contributed by atoms with Gasteiger partial charge in [0, 0.05) is 24.5 Å². The molecular weight excluding hydrogens is 350 g/mol. The van der Waals surface area contributed by atoms with Gasteiger partial charge >= 0.3 is 0 Å². The lowest BCUT2D eigenvalue weighted by Crippen LogP contribution is -3.13. The molecule has 1 aliphatic heterocycles. The summed E-state index contributed by atoms with van der Waals surface area (Å²) in [6.45, 7) is 4.24. The second-order valence-corrected chi connectivity index (χ2v) is 7.77. The smallest absolute Gasteiger partial charge is 0.257 e. The maximum atomic E-state index is 12.4. The van der Waals surface area contributed by atoms with E-state index in [4.69, 9.17) is 4.74 Å². The second-order valence-electron chi connectivity index (χ2n) is 7.77. The van der Waals surface area contributed by atoms with Crippen LogP contribution in [0.1, 0.15) is 24.0 Å². The van der Waals surface area contributed by atoms with Crippen LogP contribution in [-0.4, -0.2) is 31.2 Å². The van der Waals surface area contributed by atoms with Crippen molar-refractivity contribution in [1.82, 2.24) is 4.98 Å². The van der Waals surface area contributed by atoms with Crippen molar-refractivity contribution in [1.29, 1.82) is 0 Å². The van der Waals surface area contributed by atoms with Crippen LogP contribution in [0.3, 0.4) is 0 Å². The summed E-state index contributed by atoms with van der Waals surface area (Å²) in [5.74, 6) is 0.757. The van der Waals surface area contributed by atoms with E-state index in [9.17, 15) is 4.79 Å². The highest BCUT2D eigenvalue weighted by molar-refractivity contribution is 5.80. The molecule has 5 nitrogen and oxygen atoms in total. The van der Waals surface area contributed by atoms with Gasteiger partial charge < -0.3 is 19.9 Å². The number of aromatic nitrogens is 1. The summed E-state index contributed by atoms with van der Waals surface area (Å²) >= 11 is 0. The highest BCUT2D eigenvalue weighted by Crippen LogP contribution is 2.18. The van der Waals surface area contributed by atoms with Gasteiger partial charge in [0.2, 0.25) is 0 Å². The van der Waals surface area contributed by atoms with E-state index in [1.165, 1.54) is 31.5 Å². The van der Waals surface area contributed by atoms with Gasteiger partial charge in [-0.25, -0.2) is 0 Å². The standard InChI is InChI=1S/C23H27N3O2/c1-28-21-8-7-18-13-19(23(27)25-22(18)14-21)15-24-20-9-11-26(12-10-20)16-17-5-3-2-4-6-17/h2-8,13-14,20,24H,9-12,15-16H2,1H3,(H,25,27)/p+2. The number of nitrogens with two attached hydrogens (primary N) is 1. The summed E-state index contributed by atoms with van der Waals surface area (Å²) in [5, 5.41) is 3.39. The van der Waals surface area contributed by atoms with Crippen molar-refractivity contribution in [3.63, 3.8) is 0 Å². The number of piperidine rings is 1. The van der Waals surface area contributed by atoms with Gasteiger partial charge in [0.05, 0.1) is 37.3 Å². The molecule has 4 rings (SSSR count). The minimum Gasteiger partial charge on any atom is -0.497 e. The number of methoxy groups -OCH3 is 1. The van der Waals surface area contributed by atoms with Crippen LogP contribution < -0.4 is 20.5 Å². The van der Waals surface area contributed by atoms with Gasteiger partial charge in [0.1, 0.15) is 18.8 Å².